The van der Waals surface area contributed by atoms with E-state index in [-0.39, 0.29) is 18.3 Å². The van der Waals surface area contributed by atoms with Crippen LogP contribution < -0.4 is 10.4 Å². The highest BCUT2D eigenvalue weighted by Crippen LogP contribution is 2.36. The molecule has 0 fully saturated rings. The predicted molar refractivity (Wildman–Crippen MR) is 101 cm³/mol. The first-order valence-electron chi connectivity index (χ1n) is 8.46. The Kier molecular flexibility index (Phi) is 6.35. The van der Waals surface area contributed by atoms with Crippen molar-refractivity contribution in [1.82, 2.24) is 0 Å². The Labute approximate surface area is 146 Å². The van der Waals surface area contributed by atoms with Crippen molar-refractivity contribution in [2.45, 2.75) is 38.3 Å². The maximum Gasteiger partial charge on any atom is 0.261 e. The zero-order valence-electron chi connectivity index (χ0n) is 14.8. The molecule has 0 bridgehead atoms. The number of hydrogen-bond acceptors (Lipinski definition) is 3. The first-order valence-corrected chi connectivity index (χ1v) is 10.4. The molecule has 0 amide bonds. The summed E-state index contributed by atoms with van der Waals surface area (Å²) in [5.41, 5.74) is 0. The Morgan fingerprint density at radius 2 is 1.38 bits per heavy atom. The zero-order valence-corrected chi connectivity index (χ0v) is 15.8. The van der Waals surface area contributed by atoms with Crippen LogP contribution in [0.4, 0.5) is 0 Å². The minimum Gasteiger partial charge on any atom is -0.405 e. The van der Waals surface area contributed by atoms with Crippen molar-refractivity contribution in [3.8, 4) is 0 Å². The minimum absolute atomic E-state index is 0.0364. The summed E-state index contributed by atoms with van der Waals surface area (Å²) in [6.45, 7) is 6.81. The molecule has 0 aromatic heterocycles. The van der Waals surface area contributed by atoms with E-state index in [1.165, 1.54) is 10.4 Å². The Bertz CT molecular complexity index is 568. The molecule has 130 valence electrons. The van der Waals surface area contributed by atoms with Gasteiger partial charge in [0.05, 0.1) is 12.7 Å². The molecular formula is C20H28O3Si. The van der Waals surface area contributed by atoms with Crippen LogP contribution in [0.5, 0.6) is 0 Å². The third kappa shape index (κ3) is 3.95. The van der Waals surface area contributed by atoms with Crippen LogP contribution in [0.15, 0.2) is 60.7 Å². The molecule has 0 heterocycles. The Balaban J connectivity index is 2.53. The molecule has 0 unspecified atom stereocenters. The lowest BCUT2D eigenvalue weighted by Crippen LogP contribution is -2.67. The third-order valence-electron chi connectivity index (χ3n) is 4.37. The molecule has 0 saturated heterocycles. The highest BCUT2D eigenvalue weighted by molar-refractivity contribution is 6.99. The molecule has 4 heteroatoms. The average Bonchev–Trinajstić information content (AvgIpc) is 2.56. The number of hydrogen-bond donors (Lipinski definition) is 2. The van der Waals surface area contributed by atoms with E-state index in [0.29, 0.717) is 6.42 Å². The van der Waals surface area contributed by atoms with E-state index in [0.717, 1.165) is 0 Å². The van der Waals surface area contributed by atoms with Gasteiger partial charge in [0.25, 0.3) is 8.32 Å². The first kappa shape index (κ1) is 18.9. The molecule has 0 aliphatic rings. The quantitative estimate of drug-likeness (QED) is 0.758. The highest BCUT2D eigenvalue weighted by Gasteiger charge is 2.50. The standard InChI is InChI=1S/C20H28O3Si/c1-20(2,3)24(18-10-6-4-7-11-18,19-12-8-5-9-13-19)23-16-17(22)14-15-21/h4-13,17,21-22H,14-16H2,1-3H3/t17-/m1/s1. The molecule has 1 atom stereocenters. The van der Waals surface area contributed by atoms with Crippen molar-refractivity contribution in [3.63, 3.8) is 0 Å². The average molecular weight is 345 g/mol. The molecule has 24 heavy (non-hydrogen) atoms. The van der Waals surface area contributed by atoms with E-state index in [1.54, 1.807) is 0 Å². The van der Waals surface area contributed by atoms with Gasteiger partial charge in [-0.05, 0) is 21.8 Å². The number of aliphatic hydroxyl groups excluding tert-OH is 2. The summed E-state index contributed by atoms with van der Waals surface area (Å²) in [5, 5.41) is 21.5. The minimum atomic E-state index is -2.58. The normalized spacial score (nSPS) is 13.7. The van der Waals surface area contributed by atoms with E-state index in [1.807, 2.05) is 36.4 Å². The molecule has 0 aliphatic carbocycles. The summed E-state index contributed by atoms with van der Waals surface area (Å²) in [4.78, 5) is 0. The third-order valence-corrected chi connectivity index (χ3v) is 9.38. The fraction of sp³-hybridized carbons (Fsp3) is 0.400. The smallest absolute Gasteiger partial charge is 0.261 e. The van der Waals surface area contributed by atoms with Gasteiger partial charge in [0.2, 0.25) is 0 Å². The molecule has 0 saturated carbocycles. The summed E-state index contributed by atoms with van der Waals surface area (Å²) in [5.74, 6) is 0. The highest BCUT2D eigenvalue weighted by atomic mass is 28.4. The summed E-state index contributed by atoms with van der Waals surface area (Å²) in [6, 6.07) is 20.7. The number of aliphatic hydroxyl groups is 2. The summed E-state index contributed by atoms with van der Waals surface area (Å²) >= 11 is 0. The number of benzene rings is 2. The lowest BCUT2D eigenvalue weighted by atomic mass is 10.2. The van der Waals surface area contributed by atoms with E-state index >= 15 is 0 Å². The Morgan fingerprint density at radius 1 is 0.917 bits per heavy atom. The van der Waals surface area contributed by atoms with Crippen molar-refractivity contribution in [2.24, 2.45) is 0 Å². The van der Waals surface area contributed by atoms with Crippen LogP contribution in [0, 0.1) is 0 Å². The van der Waals surface area contributed by atoms with Crippen LogP contribution in [0.2, 0.25) is 5.04 Å². The lowest BCUT2D eigenvalue weighted by molar-refractivity contribution is 0.0781. The van der Waals surface area contributed by atoms with Gasteiger partial charge >= 0.3 is 0 Å². The predicted octanol–water partition coefficient (Wildman–Crippen LogP) is 2.31. The Morgan fingerprint density at radius 3 is 1.75 bits per heavy atom. The maximum absolute atomic E-state index is 10.1. The van der Waals surface area contributed by atoms with E-state index < -0.39 is 14.4 Å². The second-order valence-electron chi connectivity index (χ2n) is 7.14. The van der Waals surface area contributed by atoms with Gasteiger partial charge < -0.3 is 14.6 Å². The van der Waals surface area contributed by atoms with Gasteiger partial charge in [-0.2, -0.15) is 0 Å². The molecule has 2 aromatic rings. The van der Waals surface area contributed by atoms with Crippen molar-refractivity contribution in [3.05, 3.63) is 60.7 Å². The van der Waals surface area contributed by atoms with Gasteiger partial charge in [-0.1, -0.05) is 81.4 Å². The van der Waals surface area contributed by atoms with Crippen LogP contribution in [0.25, 0.3) is 0 Å². The van der Waals surface area contributed by atoms with Crippen LogP contribution in [0.3, 0.4) is 0 Å². The fourth-order valence-corrected chi connectivity index (χ4v) is 7.81. The van der Waals surface area contributed by atoms with Gasteiger partial charge in [0, 0.05) is 6.61 Å². The summed E-state index contributed by atoms with van der Waals surface area (Å²) in [7, 11) is -2.58. The molecule has 2 aromatic carbocycles. The molecule has 0 radical (unpaired) electrons. The second kappa shape index (κ2) is 8.08. The van der Waals surface area contributed by atoms with Crippen LogP contribution in [0.1, 0.15) is 27.2 Å². The van der Waals surface area contributed by atoms with Gasteiger partial charge in [0.1, 0.15) is 0 Å². The molecular weight excluding hydrogens is 316 g/mol. The second-order valence-corrected chi connectivity index (χ2v) is 11.4. The lowest BCUT2D eigenvalue weighted by Gasteiger charge is -2.43. The van der Waals surface area contributed by atoms with Crippen molar-refractivity contribution < 1.29 is 14.6 Å². The van der Waals surface area contributed by atoms with Crippen molar-refractivity contribution in [2.75, 3.05) is 13.2 Å². The topological polar surface area (TPSA) is 49.7 Å². The van der Waals surface area contributed by atoms with Crippen molar-refractivity contribution in [1.29, 1.82) is 0 Å². The van der Waals surface area contributed by atoms with E-state index in [4.69, 9.17) is 9.53 Å². The monoisotopic (exact) mass is 344 g/mol. The molecule has 2 N–H and O–H groups in total. The van der Waals surface area contributed by atoms with Crippen LogP contribution in [-0.4, -0.2) is 37.8 Å². The Hall–Kier alpha value is -1.46. The van der Waals surface area contributed by atoms with E-state index in [9.17, 15) is 5.11 Å². The fourth-order valence-electron chi connectivity index (χ4n) is 3.22. The number of rotatable bonds is 7. The first-order chi connectivity index (χ1) is 11.4. The van der Waals surface area contributed by atoms with Crippen LogP contribution in [-0.2, 0) is 4.43 Å². The molecule has 0 spiro atoms. The van der Waals surface area contributed by atoms with Gasteiger partial charge in [0.15, 0.2) is 0 Å². The van der Waals surface area contributed by atoms with E-state index in [2.05, 4.69) is 45.0 Å². The zero-order chi connectivity index (χ0) is 17.6. The van der Waals surface area contributed by atoms with Crippen molar-refractivity contribution >= 4 is 18.7 Å². The SMILES string of the molecule is CC(C)(C)[Si](OC[C@H](O)CCO)(c1ccccc1)c1ccccc1. The van der Waals surface area contributed by atoms with Crippen LogP contribution >= 0.6 is 0 Å². The molecule has 2 rings (SSSR count). The molecule has 0 aliphatic heterocycles. The largest absolute Gasteiger partial charge is 0.405 e. The van der Waals surface area contributed by atoms with Gasteiger partial charge in [-0.15, -0.1) is 0 Å². The maximum atomic E-state index is 10.1. The summed E-state index contributed by atoms with van der Waals surface area (Å²) < 4.78 is 6.56. The van der Waals surface area contributed by atoms with Gasteiger partial charge in [-0.3, -0.25) is 0 Å². The summed E-state index contributed by atoms with van der Waals surface area (Å²) in [6.07, 6.45) is -0.324. The van der Waals surface area contributed by atoms with Gasteiger partial charge in [-0.25, -0.2) is 0 Å². The molecule has 3 nitrogen and oxygen atoms in total.